The molecular formula is C10H19N3O2. The molecule has 2 fully saturated rings. The zero-order valence-electron chi connectivity index (χ0n) is 8.91. The van der Waals surface area contributed by atoms with Crippen LogP contribution in [-0.2, 0) is 4.79 Å². The third kappa shape index (κ3) is 2.30. The van der Waals surface area contributed by atoms with Gasteiger partial charge in [0, 0.05) is 19.6 Å². The molecule has 0 aromatic carbocycles. The number of nitrogens with two attached hydrogens (primary N) is 1. The number of nitrogens with zero attached hydrogens (tertiary/aromatic N) is 1. The van der Waals surface area contributed by atoms with E-state index >= 15 is 0 Å². The molecule has 2 aliphatic heterocycles. The number of rotatable bonds is 3. The monoisotopic (exact) mass is 213 g/mol. The number of hydrogen-bond acceptors (Lipinski definition) is 4. The number of carbonyl (C=O) groups is 1. The van der Waals surface area contributed by atoms with Crippen molar-refractivity contribution < 1.29 is 9.90 Å². The van der Waals surface area contributed by atoms with Gasteiger partial charge < -0.3 is 16.2 Å². The molecule has 0 aliphatic carbocycles. The van der Waals surface area contributed by atoms with E-state index in [0.29, 0.717) is 13.1 Å². The summed E-state index contributed by atoms with van der Waals surface area (Å²) in [6.07, 6.45) is 2.63. The van der Waals surface area contributed by atoms with Crippen LogP contribution >= 0.6 is 0 Å². The van der Waals surface area contributed by atoms with Gasteiger partial charge in [-0.05, 0) is 25.8 Å². The fourth-order valence-electron chi connectivity index (χ4n) is 2.42. The van der Waals surface area contributed by atoms with Gasteiger partial charge in [-0.2, -0.15) is 0 Å². The maximum atomic E-state index is 11.0. The van der Waals surface area contributed by atoms with E-state index < -0.39 is 5.60 Å². The minimum absolute atomic E-state index is 0.157. The third-order valence-corrected chi connectivity index (χ3v) is 3.41. The van der Waals surface area contributed by atoms with E-state index in [1.165, 1.54) is 0 Å². The number of amides is 1. The van der Waals surface area contributed by atoms with E-state index in [-0.39, 0.29) is 11.9 Å². The van der Waals surface area contributed by atoms with Crippen molar-refractivity contribution >= 4 is 5.91 Å². The van der Waals surface area contributed by atoms with Crippen molar-refractivity contribution in [3.63, 3.8) is 0 Å². The van der Waals surface area contributed by atoms with Crippen LogP contribution in [0, 0.1) is 0 Å². The molecule has 2 saturated heterocycles. The Bertz CT molecular complexity index is 251. The SMILES string of the molecule is NC(=O)C1CCN1CC1(O)CCCNC1. The van der Waals surface area contributed by atoms with Crippen LogP contribution in [0.5, 0.6) is 0 Å². The number of hydrogen-bond donors (Lipinski definition) is 3. The number of carbonyl (C=O) groups excluding carboxylic acids is 1. The first-order chi connectivity index (χ1) is 7.11. The second-order valence-corrected chi connectivity index (χ2v) is 4.68. The molecule has 0 bridgehead atoms. The zero-order chi connectivity index (χ0) is 10.9. The van der Waals surface area contributed by atoms with E-state index in [2.05, 4.69) is 5.32 Å². The minimum Gasteiger partial charge on any atom is -0.387 e. The number of piperidine rings is 1. The van der Waals surface area contributed by atoms with Crippen LogP contribution < -0.4 is 11.1 Å². The third-order valence-electron chi connectivity index (χ3n) is 3.41. The molecule has 2 unspecified atom stereocenters. The van der Waals surface area contributed by atoms with Crippen LogP contribution in [0.25, 0.3) is 0 Å². The summed E-state index contributed by atoms with van der Waals surface area (Å²) in [5, 5.41) is 13.4. The quantitative estimate of drug-likeness (QED) is 0.542. The summed E-state index contributed by atoms with van der Waals surface area (Å²) in [5.74, 6) is -0.270. The van der Waals surface area contributed by atoms with Crippen molar-refractivity contribution in [1.82, 2.24) is 10.2 Å². The zero-order valence-corrected chi connectivity index (χ0v) is 8.91. The second-order valence-electron chi connectivity index (χ2n) is 4.68. The fraction of sp³-hybridized carbons (Fsp3) is 0.900. The molecule has 0 aromatic rings. The van der Waals surface area contributed by atoms with Crippen LogP contribution in [-0.4, -0.2) is 53.7 Å². The smallest absolute Gasteiger partial charge is 0.234 e. The molecule has 1 amide bonds. The van der Waals surface area contributed by atoms with Gasteiger partial charge in [0.1, 0.15) is 0 Å². The highest BCUT2D eigenvalue weighted by Crippen LogP contribution is 2.24. The van der Waals surface area contributed by atoms with Gasteiger partial charge in [-0.25, -0.2) is 0 Å². The molecule has 0 radical (unpaired) electrons. The molecule has 5 heteroatoms. The molecule has 0 spiro atoms. The molecular weight excluding hydrogens is 194 g/mol. The summed E-state index contributed by atoms with van der Waals surface area (Å²) >= 11 is 0. The number of likely N-dealkylation sites (tertiary alicyclic amines) is 1. The summed E-state index contributed by atoms with van der Waals surface area (Å²) in [6, 6.07) is -0.157. The standard InChI is InChI=1S/C10H19N3O2/c11-9(14)8-2-5-13(8)7-10(15)3-1-4-12-6-10/h8,12,15H,1-7H2,(H2,11,14). The van der Waals surface area contributed by atoms with E-state index in [1.54, 1.807) is 0 Å². The van der Waals surface area contributed by atoms with Gasteiger partial charge in [0.25, 0.3) is 0 Å². The van der Waals surface area contributed by atoms with Gasteiger partial charge in [0.2, 0.25) is 5.91 Å². The molecule has 2 aliphatic rings. The van der Waals surface area contributed by atoms with Crippen molar-refractivity contribution in [3.8, 4) is 0 Å². The Labute approximate surface area is 89.6 Å². The lowest BCUT2D eigenvalue weighted by molar-refractivity contribution is -0.130. The van der Waals surface area contributed by atoms with Gasteiger partial charge in [-0.15, -0.1) is 0 Å². The summed E-state index contributed by atoms with van der Waals surface area (Å²) in [6.45, 7) is 3.03. The first kappa shape index (κ1) is 10.9. The van der Waals surface area contributed by atoms with Crippen LogP contribution in [0.3, 0.4) is 0 Å². The maximum absolute atomic E-state index is 11.0. The Hall–Kier alpha value is -0.650. The van der Waals surface area contributed by atoms with Crippen LogP contribution in [0.4, 0.5) is 0 Å². The van der Waals surface area contributed by atoms with Gasteiger partial charge in [-0.1, -0.05) is 0 Å². The lowest BCUT2D eigenvalue weighted by Crippen LogP contribution is -2.62. The molecule has 5 nitrogen and oxygen atoms in total. The van der Waals surface area contributed by atoms with Crippen LogP contribution in [0.2, 0.25) is 0 Å². The Morgan fingerprint density at radius 3 is 2.93 bits per heavy atom. The Kier molecular flexibility index (Phi) is 2.95. The van der Waals surface area contributed by atoms with Crippen molar-refractivity contribution in [2.75, 3.05) is 26.2 Å². The minimum atomic E-state index is -0.674. The van der Waals surface area contributed by atoms with Gasteiger partial charge in [0.05, 0.1) is 11.6 Å². The maximum Gasteiger partial charge on any atom is 0.234 e. The van der Waals surface area contributed by atoms with E-state index in [9.17, 15) is 9.90 Å². The fourth-order valence-corrected chi connectivity index (χ4v) is 2.42. The summed E-state index contributed by atoms with van der Waals surface area (Å²) < 4.78 is 0. The predicted octanol–water partition coefficient (Wildman–Crippen LogP) is -1.34. The summed E-state index contributed by atoms with van der Waals surface area (Å²) in [5.41, 5.74) is 4.58. The Balaban J connectivity index is 1.88. The van der Waals surface area contributed by atoms with Gasteiger partial charge in [0.15, 0.2) is 0 Å². The van der Waals surface area contributed by atoms with E-state index in [0.717, 1.165) is 32.4 Å². The normalized spacial score (nSPS) is 37.3. The number of nitrogens with one attached hydrogen (secondary N) is 1. The Morgan fingerprint density at radius 1 is 1.67 bits per heavy atom. The highest BCUT2D eigenvalue weighted by molar-refractivity contribution is 5.80. The van der Waals surface area contributed by atoms with Gasteiger partial charge >= 0.3 is 0 Å². The van der Waals surface area contributed by atoms with Crippen molar-refractivity contribution in [2.45, 2.75) is 30.9 Å². The van der Waals surface area contributed by atoms with E-state index in [1.807, 2.05) is 4.90 Å². The van der Waals surface area contributed by atoms with Crippen molar-refractivity contribution in [3.05, 3.63) is 0 Å². The number of β-amino-alcohol motifs (C(OH)–C–C–N with tert-alkyl or cyclic N) is 1. The largest absolute Gasteiger partial charge is 0.387 e. The summed E-state index contributed by atoms with van der Waals surface area (Å²) in [7, 11) is 0. The average molecular weight is 213 g/mol. The van der Waals surface area contributed by atoms with Crippen LogP contribution in [0.1, 0.15) is 19.3 Å². The molecule has 86 valence electrons. The highest BCUT2D eigenvalue weighted by atomic mass is 16.3. The molecule has 2 atom stereocenters. The number of primary amides is 1. The molecule has 4 N–H and O–H groups in total. The molecule has 0 aromatic heterocycles. The first-order valence-electron chi connectivity index (χ1n) is 5.57. The average Bonchev–Trinajstić information content (AvgIpc) is 2.13. The topological polar surface area (TPSA) is 78.6 Å². The number of aliphatic hydroxyl groups is 1. The lowest BCUT2D eigenvalue weighted by atomic mass is 9.90. The highest BCUT2D eigenvalue weighted by Gasteiger charge is 2.39. The van der Waals surface area contributed by atoms with Gasteiger partial charge in [-0.3, -0.25) is 9.69 Å². The van der Waals surface area contributed by atoms with Crippen molar-refractivity contribution in [1.29, 1.82) is 0 Å². The molecule has 2 heterocycles. The second kappa shape index (κ2) is 4.08. The molecule has 2 rings (SSSR count). The van der Waals surface area contributed by atoms with Crippen molar-refractivity contribution in [2.24, 2.45) is 5.73 Å². The lowest BCUT2D eigenvalue weighted by Gasteiger charge is -2.45. The summed E-state index contributed by atoms with van der Waals surface area (Å²) in [4.78, 5) is 13.0. The predicted molar refractivity (Wildman–Crippen MR) is 56.2 cm³/mol. The molecule has 15 heavy (non-hydrogen) atoms. The van der Waals surface area contributed by atoms with Crippen LogP contribution in [0.15, 0.2) is 0 Å². The Morgan fingerprint density at radius 2 is 2.47 bits per heavy atom. The van der Waals surface area contributed by atoms with E-state index in [4.69, 9.17) is 5.73 Å². The molecule has 0 saturated carbocycles. The first-order valence-corrected chi connectivity index (χ1v) is 5.57.